The predicted octanol–water partition coefficient (Wildman–Crippen LogP) is 2.40. The van der Waals surface area contributed by atoms with Crippen LogP contribution in [-0.2, 0) is 10.0 Å². The van der Waals surface area contributed by atoms with Crippen molar-refractivity contribution in [2.45, 2.75) is 30.5 Å². The van der Waals surface area contributed by atoms with Crippen molar-refractivity contribution in [3.8, 4) is 0 Å². The average molecular weight is 320 g/mol. The number of alkyl halides is 1. The van der Waals surface area contributed by atoms with Gasteiger partial charge in [-0.05, 0) is 24.5 Å². The molecule has 1 aromatic rings. The summed E-state index contributed by atoms with van der Waals surface area (Å²) in [5, 5.41) is 3.14. The topological polar surface area (TPSA) is 62.3 Å². The molecular formula is C13H22ClN3O2S. The van der Waals surface area contributed by atoms with E-state index in [9.17, 15) is 8.42 Å². The summed E-state index contributed by atoms with van der Waals surface area (Å²) in [6.07, 6.45) is 2.27. The minimum Gasteiger partial charge on any atom is -0.369 e. The molecule has 1 rings (SSSR count). The second-order valence-corrected chi connectivity index (χ2v) is 8.04. The zero-order valence-corrected chi connectivity index (χ0v) is 13.9. The van der Waals surface area contributed by atoms with Gasteiger partial charge in [-0.25, -0.2) is 17.7 Å². The first-order chi connectivity index (χ1) is 9.23. The molecule has 0 saturated heterocycles. The van der Waals surface area contributed by atoms with Gasteiger partial charge in [0.2, 0.25) is 10.0 Å². The van der Waals surface area contributed by atoms with Crippen LogP contribution in [0, 0.1) is 5.92 Å². The summed E-state index contributed by atoms with van der Waals surface area (Å²) in [6, 6.07) is 3.19. The SMILES string of the molecule is CC(C)CC(Cl)CNc1ccc(S(=O)(=O)N(C)C)cn1. The molecule has 20 heavy (non-hydrogen) atoms. The highest BCUT2D eigenvalue weighted by Crippen LogP contribution is 2.15. The minimum absolute atomic E-state index is 0.0296. The number of hydrogen-bond acceptors (Lipinski definition) is 4. The van der Waals surface area contributed by atoms with Crippen LogP contribution in [0.4, 0.5) is 5.82 Å². The smallest absolute Gasteiger partial charge is 0.244 e. The van der Waals surface area contributed by atoms with Crippen molar-refractivity contribution < 1.29 is 8.42 Å². The van der Waals surface area contributed by atoms with E-state index in [0.29, 0.717) is 18.3 Å². The van der Waals surface area contributed by atoms with Crippen LogP contribution in [0.15, 0.2) is 23.2 Å². The highest BCUT2D eigenvalue weighted by Gasteiger charge is 2.17. The first-order valence-corrected chi connectivity index (χ1v) is 8.37. The van der Waals surface area contributed by atoms with Crippen LogP contribution in [-0.4, -0.2) is 43.7 Å². The van der Waals surface area contributed by atoms with E-state index >= 15 is 0 Å². The van der Waals surface area contributed by atoms with E-state index in [1.54, 1.807) is 6.07 Å². The molecule has 0 saturated carbocycles. The van der Waals surface area contributed by atoms with E-state index in [0.717, 1.165) is 10.7 Å². The number of nitrogens with one attached hydrogen (secondary N) is 1. The molecule has 7 heteroatoms. The lowest BCUT2D eigenvalue weighted by Crippen LogP contribution is -2.22. The molecule has 1 N–H and O–H groups in total. The summed E-state index contributed by atoms with van der Waals surface area (Å²) in [7, 11) is -0.441. The normalized spacial score (nSPS) is 13.8. The van der Waals surface area contributed by atoms with Gasteiger partial charge < -0.3 is 5.32 Å². The number of aromatic nitrogens is 1. The Morgan fingerprint density at radius 3 is 2.45 bits per heavy atom. The quantitative estimate of drug-likeness (QED) is 0.784. The highest BCUT2D eigenvalue weighted by molar-refractivity contribution is 7.89. The number of anilines is 1. The Morgan fingerprint density at radius 2 is 2.00 bits per heavy atom. The van der Waals surface area contributed by atoms with Crippen LogP contribution in [0.1, 0.15) is 20.3 Å². The van der Waals surface area contributed by atoms with Crippen molar-refractivity contribution in [3.05, 3.63) is 18.3 Å². The third-order valence-corrected chi connectivity index (χ3v) is 4.88. The molecule has 0 aliphatic heterocycles. The van der Waals surface area contributed by atoms with Crippen molar-refractivity contribution in [2.24, 2.45) is 5.92 Å². The highest BCUT2D eigenvalue weighted by atomic mass is 35.5. The molecule has 0 amide bonds. The lowest BCUT2D eigenvalue weighted by atomic mass is 10.1. The Morgan fingerprint density at radius 1 is 1.35 bits per heavy atom. The van der Waals surface area contributed by atoms with Gasteiger partial charge in [-0.2, -0.15) is 0 Å². The van der Waals surface area contributed by atoms with Gasteiger partial charge in [-0.1, -0.05) is 13.8 Å². The summed E-state index contributed by atoms with van der Waals surface area (Å²) in [6.45, 7) is 4.84. The zero-order valence-electron chi connectivity index (χ0n) is 12.3. The Labute approximate surface area is 126 Å². The Kier molecular flexibility index (Phi) is 6.23. The molecule has 1 aromatic heterocycles. The number of rotatable bonds is 7. The third-order valence-electron chi connectivity index (χ3n) is 2.75. The molecule has 1 unspecified atom stereocenters. The molecule has 0 aromatic carbocycles. The van der Waals surface area contributed by atoms with Crippen molar-refractivity contribution in [3.63, 3.8) is 0 Å². The molecule has 0 aliphatic carbocycles. The fourth-order valence-electron chi connectivity index (χ4n) is 1.66. The second kappa shape index (κ2) is 7.24. The van der Waals surface area contributed by atoms with E-state index in [1.165, 1.54) is 26.4 Å². The van der Waals surface area contributed by atoms with Gasteiger partial charge in [0.1, 0.15) is 10.7 Å². The Balaban J connectivity index is 2.64. The van der Waals surface area contributed by atoms with Gasteiger partial charge in [-0.3, -0.25) is 0 Å². The average Bonchev–Trinajstić information content (AvgIpc) is 2.36. The summed E-state index contributed by atoms with van der Waals surface area (Å²) in [5.41, 5.74) is 0. The maximum atomic E-state index is 11.9. The van der Waals surface area contributed by atoms with E-state index in [-0.39, 0.29) is 10.3 Å². The molecule has 114 valence electrons. The van der Waals surface area contributed by atoms with E-state index < -0.39 is 10.0 Å². The molecule has 0 spiro atoms. The number of halogens is 1. The van der Waals surface area contributed by atoms with Crippen molar-refractivity contribution >= 4 is 27.4 Å². The second-order valence-electron chi connectivity index (χ2n) is 5.27. The van der Waals surface area contributed by atoms with E-state index in [2.05, 4.69) is 24.1 Å². The van der Waals surface area contributed by atoms with Crippen LogP contribution in [0.5, 0.6) is 0 Å². The molecule has 0 radical (unpaired) electrons. The van der Waals surface area contributed by atoms with Crippen LogP contribution >= 0.6 is 11.6 Å². The van der Waals surface area contributed by atoms with Crippen molar-refractivity contribution in [1.29, 1.82) is 0 Å². The first kappa shape index (κ1) is 17.2. The van der Waals surface area contributed by atoms with Gasteiger partial charge in [0, 0.05) is 26.8 Å². The number of hydrogen-bond donors (Lipinski definition) is 1. The minimum atomic E-state index is -3.42. The molecule has 0 aliphatic rings. The molecular weight excluding hydrogens is 298 g/mol. The van der Waals surface area contributed by atoms with Crippen molar-refractivity contribution in [1.82, 2.24) is 9.29 Å². The molecule has 1 heterocycles. The maximum Gasteiger partial charge on any atom is 0.244 e. The van der Waals surface area contributed by atoms with Gasteiger partial charge in [0.25, 0.3) is 0 Å². The van der Waals surface area contributed by atoms with Crippen LogP contribution in [0.3, 0.4) is 0 Å². The molecule has 0 bridgehead atoms. The molecule has 0 fully saturated rings. The van der Waals surface area contributed by atoms with Crippen LogP contribution < -0.4 is 5.32 Å². The first-order valence-electron chi connectivity index (χ1n) is 6.50. The van der Waals surface area contributed by atoms with Gasteiger partial charge in [0.15, 0.2) is 0 Å². The number of nitrogens with zero attached hydrogens (tertiary/aromatic N) is 2. The van der Waals surface area contributed by atoms with Gasteiger partial charge in [0.05, 0.1) is 5.38 Å². The molecule has 1 atom stereocenters. The van der Waals surface area contributed by atoms with Gasteiger partial charge in [-0.15, -0.1) is 11.6 Å². The van der Waals surface area contributed by atoms with E-state index in [1.807, 2.05) is 0 Å². The fourth-order valence-corrected chi connectivity index (χ4v) is 2.94. The summed E-state index contributed by atoms with van der Waals surface area (Å²) in [4.78, 5) is 4.28. The monoisotopic (exact) mass is 319 g/mol. The summed E-state index contributed by atoms with van der Waals surface area (Å²) < 4.78 is 24.9. The maximum absolute atomic E-state index is 11.9. The Hall–Kier alpha value is -0.850. The van der Waals surface area contributed by atoms with Crippen LogP contribution in [0.2, 0.25) is 0 Å². The molecule has 5 nitrogen and oxygen atoms in total. The predicted molar refractivity (Wildman–Crippen MR) is 82.7 cm³/mol. The van der Waals surface area contributed by atoms with Crippen LogP contribution in [0.25, 0.3) is 0 Å². The van der Waals surface area contributed by atoms with Gasteiger partial charge >= 0.3 is 0 Å². The zero-order chi connectivity index (χ0) is 15.3. The fraction of sp³-hybridized carbons (Fsp3) is 0.615. The lowest BCUT2D eigenvalue weighted by Gasteiger charge is -2.14. The lowest BCUT2D eigenvalue weighted by molar-refractivity contribution is 0.520. The largest absolute Gasteiger partial charge is 0.369 e. The summed E-state index contributed by atoms with van der Waals surface area (Å²) >= 11 is 6.18. The van der Waals surface area contributed by atoms with Crippen molar-refractivity contribution in [2.75, 3.05) is 26.0 Å². The number of pyridine rings is 1. The third kappa shape index (κ3) is 4.92. The standard InChI is InChI=1S/C13H22ClN3O2S/c1-10(2)7-11(14)8-15-13-6-5-12(9-16-13)20(18,19)17(3)4/h5-6,9-11H,7-8H2,1-4H3,(H,15,16). The Bertz CT molecular complexity index is 515. The summed E-state index contributed by atoms with van der Waals surface area (Å²) in [5.74, 6) is 1.16. The number of sulfonamides is 1. The van der Waals surface area contributed by atoms with E-state index in [4.69, 9.17) is 11.6 Å².